The van der Waals surface area contributed by atoms with Crippen molar-refractivity contribution >= 4 is 27.6 Å². The molecule has 0 bridgehead atoms. The minimum Gasteiger partial charge on any atom is -0.493 e. The lowest BCUT2D eigenvalue weighted by Gasteiger charge is -2.13. The van der Waals surface area contributed by atoms with E-state index in [1.54, 1.807) is 0 Å². The molecule has 0 amide bonds. The number of hydrogen-bond acceptors (Lipinski definition) is 5. The van der Waals surface area contributed by atoms with Gasteiger partial charge in [-0.05, 0) is 42.5 Å². The number of ether oxygens (including phenoxy) is 2. The van der Waals surface area contributed by atoms with Crippen LogP contribution in [0.2, 0.25) is 5.02 Å². The van der Waals surface area contributed by atoms with E-state index in [4.69, 9.17) is 21.1 Å². The molecule has 9 heteroatoms. The zero-order valence-corrected chi connectivity index (χ0v) is 16.4. The molecule has 0 atom stereocenters. The minimum absolute atomic E-state index is 0.0212. The first kappa shape index (κ1) is 21.1. The zero-order chi connectivity index (χ0) is 20.0. The third-order valence-corrected chi connectivity index (χ3v) is 5.83. The summed E-state index contributed by atoms with van der Waals surface area (Å²) in [5.41, 5.74) is 0.0827. The van der Waals surface area contributed by atoms with Crippen LogP contribution >= 0.6 is 11.6 Å². The van der Waals surface area contributed by atoms with Gasteiger partial charge in [-0.3, -0.25) is 0 Å². The van der Waals surface area contributed by atoms with Crippen LogP contribution in [0.15, 0.2) is 47.4 Å². The first-order valence-corrected chi connectivity index (χ1v) is 9.81. The molecule has 0 aromatic heterocycles. The van der Waals surface area contributed by atoms with Crippen molar-refractivity contribution in [3.05, 3.63) is 58.9 Å². The van der Waals surface area contributed by atoms with Gasteiger partial charge in [0.05, 0.1) is 23.8 Å². The van der Waals surface area contributed by atoms with Crippen molar-refractivity contribution in [2.24, 2.45) is 0 Å². The first-order valence-electron chi connectivity index (χ1n) is 7.99. The summed E-state index contributed by atoms with van der Waals surface area (Å²) in [6, 6.07) is 9.50. The van der Waals surface area contributed by atoms with Gasteiger partial charge in [0, 0.05) is 20.5 Å². The minimum atomic E-state index is -3.78. The number of sulfonamides is 1. The van der Waals surface area contributed by atoms with Gasteiger partial charge < -0.3 is 9.47 Å². The van der Waals surface area contributed by atoms with Crippen molar-refractivity contribution in [2.45, 2.75) is 11.3 Å². The molecule has 2 rings (SSSR count). The fourth-order valence-corrected chi connectivity index (χ4v) is 3.45. The van der Waals surface area contributed by atoms with Crippen molar-refractivity contribution in [3.8, 4) is 5.75 Å². The van der Waals surface area contributed by atoms with Crippen molar-refractivity contribution < 1.29 is 27.1 Å². The molecule has 0 saturated heterocycles. The molecule has 0 fully saturated rings. The molecule has 146 valence electrons. The number of hydrogen-bond donors (Lipinski definition) is 0. The molecule has 6 nitrogen and oxygen atoms in total. The highest BCUT2D eigenvalue weighted by molar-refractivity contribution is 7.89. The molecule has 0 aliphatic carbocycles. The highest BCUT2D eigenvalue weighted by Crippen LogP contribution is 2.25. The van der Waals surface area contributed by atoms with E-state index in [-0.39, 0.29) is 34.5 Å². The summed E-state index contributed by atoms with van der Waals surface area (Å²) < 4.78 is 48.8. The first-order chi connectivity index (χ1) is 12.7. The molecule has 2 aromatic rings. The van der Waals surface area contributed by atoms with Gasteiger partial charge in [-0.2, -0.15) is 0 Å². The van der Waals surface area contributed by atoms with E-state index < -0.39 is 16.0 Å². The summed E-state index contributed by atoms with van der Waals surface area (Å²) in [5.74, 6) is -0.502. The molecular weight excluding hydrogens is 397 g/mol. The van der Waals surface area contributed by atoms with Gasteiger partial charge in [-0.25, -0.2) is 21.9 Å². The summed E-state index contributed by atoms with van der Waals surface area (Å²) in [6.45, 7) is 0.359. The number of benzene rings is 2. The maximum absolute atomic E-state index is 12.8. The Balaban J connectivity index is 1.90. The average molecular weight is 416 g/mol. The SMILES string of the molecule is CN(C)S(=O)(=O)c1cc(C(=O)OCCCOc2ccc(F)cc2)ccc1Cl. The molecule has 0 unspecified atom stereocenters. The van der Waals surface area contributed by atoms with Crippen LogP contribution < -0.4 is 4.74 Å². The third-order valence-electron chi connectivity index (χ3n) is 3.53. The fourth-order valence-electron chi connectivity index (χ4n) is 2.05. The molecule has 0 radical (unpaired) electrons. The highest BCUT2D eigenvalue weighted by atomic mass is 35.5. The Morgan fingerprint density at radius 3 is 2.41 bits per heavy atom. The van der Waals surface area contributed by atoms with Gasteiger partial charge in [-0.1, -0.05) is 11.6 Å². The molecule has 0 aliphatic rings. The summed E-state index contributed by atoms with van der Waals surface area (Å²) in [4.78, 5) is 12.0. The van der Waals surface area contributed by atoms with Crippen LogP contribution in [0.1, 0.15) is 16.8 Å². The Labute approximate surface area is 162 Å². The molecule has 2 aromatic carbocycles. The standard InChI is InChI=1S/C18H19ClFNO5S/c1-21(2)27(23,24)17-12-13(4-9-16(17)19)18(22)26-11-3-10-25-15-7-5-14(20)6-8-15/h4-9,12H,3,10-11H2,1-2H3. The number of rotatable bonds is 8. The average Bonchev–Trinajstić information content (AvgIpc) is 2.62. The zero-order valence-electron chi connectivity index (χ0n) is 14.8. The predicted molar refractivity (Wildman–Crippen MR) is 99.1 cm³/mol. The second-order valence-electron chi connectivity index (χ2n) is 5.72. The highest BCUT2D eigenvalue weighted by Gasteiger charge is 2.22. The predicted octanol–water partition coefficient (Wildman–Crippen LogP) is 3.36. The fraction of sp³-hybridized carbons (Fsp3) is 0.278. The molecule has 0 saturated carbocycles. The number of carbonyl (C=O) groups is 1. The lowest BCUT2D eigenvalue weighted by atomic mass is 10.2. The van der Waals surface area contributed by atoms with E-state index >= 15 is 0 Å². The van der Waals surface area contributed by atoms with Gasteiger partial charge in [0.2, 0.25) is 10.0 Å². The largest absolute Gasteiger partial charge is 0.493 e. The van der Waals surface area contributed by atoms with E-state index in [9.17, 15) is 17.6 Å². The van der Waals surface area contributed by atoms with Crippen molar-refractivity contribution in [1.29, 1.82) is 0 Å². The lowest BCUT2D eigenvalue weighted by Crippen LogP contribution is -2.23. The monoisotopic (exact) mass is 415 g/mol. The van der Waals surface area contributed by atoms with Gasteiger partial charge in [0.1, 0.15) is 16.5 Å². The molecule has 0 N–H and O–H groups in total. The van der Waals surface area contributed by atoms with E-state index in [1.807, 2.05) is 0 Å². The maximum atomic E-state index is 12.8. The Hall–Kier alpha value is -2.16. The number of halogens is 2. The van der Waals surface area contributed by atoms with Gasteiger partial charge in [0.25, 0.3) is 0 Å². The van der Waals surface area contributed by atoms with Crippen LogP contribution in [0.5, 0.6) is 5.75 Å². The Bertz CT molecular complexity index is 900. The van der Waals surface area contributed by atoms with Gasteiger partial charge in [0.15, 0.2) is 0 Å². The maximum Gasteiger partial charge on any atom is 0.338 e. The summed E-state index contributed by atoms with van der Waals surface area (Å²) in [6.07, 6.45) is 0.416. The molecular formula is C18H19ClFNO5S. The van der Waals surface area contributed by atoms with Crippen LogP contribution in [-0.2, 0) is 14.8 Å². The lowest BCUT2D eigenvalue weighted by molar-refractivity contribution is 0.0485. The van der Waals surface area contributed by atoms with Crippen LogP contribution in [0.25, 0.3) is 0 Å². The smallest absolute Gasteiger partial charge is 0.338 e. The Kier molecular flexibility index (Phi) is 7.18. The van der Waals surface area contributed by atoms with Crippen LogP contribution in [0.3, 0.4) is 0 Å². The van der Waals surface area contributed by atoms with E-state index in [0.717, 1.165) is 4.31 Å². The summed E-state index contributed by atoms with van der Waals surface area (Å²) >= 11 is 5.95. The van der Waals surface area contributed by atoms with E-state index in [0.29, 0.717) is 12.2 Å². The van der Waals surface area contributed by atoms with E-state index in [1.165, 1.54) is 56.6 Å². The summed E-state index contributed by atoms with van der Waals surface area (Å²) in [5, 5.41) is 0.0212. The van der Waals surface area contributed by atoms with Crippen molar-refractivity contribution in [1.82, 2.24) is 4.31 Å². The summed E-state index contributed by atoms with van der Waals surface area (Å²) in [7, 11) is -1.03. The van der Waals surface area contributed by atoms with Crippen LogP contribution in [-0.4, -0.2) is 46.0 Å². The Morgan fingerprint density at radius 1 is 1.11 bits per heavy atom. The van der Waals surface area contributed by atoms with E-state index in [2.05, 4.69) is 0 Å². The van der Waals surface area contributed by atoms with Gasteiger partial charge >= 0.3 is 5.97 Å². The number of carbonyl (C=O) groups excluding carboxylic acids is 1. The van der Waals surface area contributed by atoms with Crippen LogP contribution in [0, 0.1) is 5.82 Å². The topological polar surface area (TPSA) is 72.9 Å². The third kappa shape index (κ3) is 5.66. The molecule has 0 heterocycles. The Morgan fingerprint density at radius 2 is 1.78 bits per heavy atom. The van der Waals surface area contributed by atoms with Gasteiger partial charge in [-0.15, -0.1) is 0 Å². The number of nitrogens with zero attached hydrogens (tertiary/aromatic N) is 1. The molecule has 27 heavy (non-hydrogen) atoms. The second-order valence-corrected chi connectivity index (χ2v) is 8.25. The van der Waals surface area contributed by atoms with Crippen molar-refractivity contribution in [2.75, 3.05) is 27.3 Å². The van der Waals surface area contributed by atoms with Crippen molar-refractivity contribution in [3.63, 3.8) is 0 Å². The number of esters is 1. The second kappa shape index (κ2) is 9.16. The van der Waals surface area contributed by atoms with Crippen LogP contribution in [0.4, 0.5) is 4.39 Å². The normalized spacial score (nSPS) is 11.4. The quantitative estimate of drug-likeness (QED) is 0.488. The molecule has 0 spiro atoms. The molecule has 0 aliphatic heterocycles.